The number of amides is 2. The highest BCUT2D eigenvalue weighted by Gasteiger charge is 2.30. The van der Waals surface area contributed by atoms with E-state index in [2.05, 4.69) is 10.6 Å². The molecule has 0 aliphatic rings. The third kappa shape index (κ3) is 5.81. The summed E-state index contributed by atoms with van der Waals surface area (Å²) in [6.07, 6.45) is -3.23. The van der Waals surface area contributed by atoms with Crippen LogP contribution in [0.15, 0.2) is 72.9 Å². The quantitative estimate of drug-likeness (QED) is 0.237. The summed E-state index contributed by atoms with van der Waals surface area (Å²) in [5.41, 5.74) is 5.40. The molecule has 0 spiro atoms. The number of rotatable bonds is 6. The number of ether oxygens (including phenoxy) is 1. The van der Waals surface area contributed by atoms with Crippen LogP contribution in [0.4, 0.5) is 33.7 Å². The van der Waals surface area contributed by atoms with Crippen molar-refractivity contribution in [2.75, 3.05) is 17.2 Å². The lowest BCUT2D eigenvalue weighted by molar-refractivity contribution is -0.143. The Bertz CT molecular complexity index is 1510. The SMILES string of the molecule is NCC(=O)OCc1ccccc1C(=O)n1cc(NC(=O)Nc2ccc(C(F)(F)F)cc2)c2cc(F)ccc21. The number of carbonyl (C=O) groups excluding carboxylic acids is 3. The predicted molar refractivity (Wildman–Crippen MR) is 131 cm³/mol. The Hall–Kier alpha value is -4.71. The largest absolute Gasteiger partial charge is 0.460 e. The van der Waals surface area contributed by atoms with Crippen molar-refractivity contribution in [1.82, 2.24) is 4.57 Å². The average Bonchev–Trinajstić information content (AvgIpc) is 3.23. The summed E-state index contributed by atoms with van der Waals surface area (Å²) in [6, 6.07) is 13.0. The van der Waals surface area contributed by atoms with E-state index in [9.17, 15) is 31.9 Å². The molecule has 12 heteroatoms. The molecule has 3 aromatic carbocycles. The highest BCUT2D eigenvalue weighted by Crippen LogP contribution is 2.31. The van der Waals surface area contributed by atoms with E-state index in [-0.39, 0.29) is 41.0 Å². The van der Waals surface area contributed by atoms with Crippen LogP contribution in [0.5, 0.6) is 0 Å². The van der Waals surface area contributed by atoms with Gasteiger partial charge in [-0.25, -0.2) is 9.18 Å². The van der Waals surface area contributed by atoms with E-state index in [1.807, 2.05) is 0 Å². The number of hydrogen-bond donors (Lipinski definition) is 3. The standard InChI is InChI=1S/C26H20F4N4O4/c27-17-7-10-22-20(11-17)21(33-25(37)32-18-8-5-16(6-9-18)26(28,29)30)13-34(22)24(36)19-4-2-1-3-15(19)14-38-23(35)12-31/h1-11,13H,12,14,31H2,(H2,32,33,37). The lowest BCUT2D eigenvalue weighted by atomic mass is 10.1. The van der Waals surface area contributed by atoms with Crippen molar-refractivity contribution in [3.05, 3.63) is 95.4 Å². The van der Waals surface area contributed by atoms with Crippen LogP contribution in [-0.4, -0.2) is 29.0 Å². The first-order valence-electron chi connectivity index (χ1n) is 11.1. The summed E-state index contributed by atoms with van der Waals surface area (Å²) in [7, 11) is 0. The summed E-state index contributed by atoms with van der Waals surface area (Å²) in [4.78, 5) is 37.5. The Kier molecular flexibility index (Phi) is 7.44. The molecule has 0 fully saturated rings. The van der Waals surface area contributed by atoms with Gasteiger partial charge in [-0.3, -0.25) is 14.2 Å². The Labute approximate surface area is 213 Å². The number of fused-ring (bicyclic) bond motifs is 1. The highest BCUT2D eigenvalue weighted by molar-refractivity contribution is 6.10. The summed E-state index contributed by atoms with van der Waals surface area (Å²) >= 11 is 0. The number of halogens is 4. The Balaban J connectivity index is 1.61. The molecule has 38 heavy (non-hydrogen) atoms. The van der Waals surface area contributed by atoms with Crippen LogP contribution in [0.25, 0.3) is 10.9 Å². The number of alkyl halides is 3. The summed E-state index contributed by atoms with van der Waals surface area (Å²) in [6.45, 7) is -0.528. The number of carbonyl (C=O) groups is 3. The number of nitrogens with one attached hydrogen (secondary N) is 2. The minimum atomic E-state index is -4.52. The molecule has 8 nitrogen and oxygen atoms in total. The normalized spacial score (nSPS) is 11.3. The Morgan fingerprint density at radius 3 is 2.34 bits per heavy atom. The van der Waals surface area contributed by atoms with Crippen LogP contribution in [-0.2, 0) is 22.3 Å². The van der Waals surface area contributed by atoms with Gasteiger partial charge < -0.3 is 21.1 Å². The Morgan fingerprint density at radius 2 is 1.66 bits per heavy atom. The van der Waals surface area contributed by atoms with Crippen molar-refractivity contribution in [2.45, 2.75) is 12.8 Å². The van der Waals surface area contributed by atoms with Crippen LogP contribution in [0.3, 0.4) is 0 Å². The van der Waals surface area contributed by atoms with Gasteiger partial charge in [-0.15, -0.1) is 0 Å². The van der Waals surface area contributed by atoms with Crippen LogP contribution in [0.2, 0.25) is 0 Å². The number of nitrogens with zero attached hydrogens (tertiary/aromatic N) is 1. The van der Waals surface area contributed by atoms with Crippen molar-refractivity contribution in [2.24, 2.45) is 5.73 Å². The van der Waals surface area contributed by atoms with E-state index in [0.29, 0.717) is 5.56 Å². The average molecular weight is 528 g/mol. The zero-order valence-corrected chi connectivity index (χ0v) is 19.5. The van der Waals surface area contributed by atoms with E-state index in [4.69, 9.17) is 10.5 Å². The zero-order chi connectivity index (χ0) is 27.4. The minimum absolute atomic E-state index is 0.0734. The number of urea groups is 1. The van der Waals surface area contributed by atoms with Gasteiger partial charge in [0.1, 0.15) is 12.4 Å². The number of benzene rings is 3. The van der Waals surface area contributed by atoms with E-state index >= 15 is 0 Å². The van der Waals surface area contributed by atoms with Crippen LogP contribution >= 0.6 is 0 Å². The van der Waals surface area contributed by atoms with Gasteiger partial charge in [0, 0.05) is 28.4 Å². The lowest BCUT2D eigenvalue weighted by Gasteiger charge is -2.10. The number of nitrogens with two attached hydrogens (primary N) is 1. The number of aromatic nitrogens is 1. The van der Waals surface area contributed by atoms with Crippen molar-refractivity contribution < 1.29 is 36.7 Å². The molecule has 0 radical (unpaired) electrons. The number of esters is 1. The molecule has 4 rings (SSSR count). The molecule has 0 saturated heterocycles. The zero-order valence-electron chi connectivity index (χ0n) is 19.5. The minimum Gasteiger partial charge on any atom is -0.460 e. The molecule has 196 valence electrons. The second kappa shape index (κ2) is 10.7. The fourth-order valence-electron chi connectivity index (χ4n) is 3.70. The maximum atomic E-state index is 14.1. The van der Waals surface area contributed by atoms with Crippen molar-refractivity contribution >= 4 is 40.2 Å². The molecule has 0 saturated carbocycles. The third-order valence-electron chi connectivity index (χ3n) is 5.51. The Morgan fingerprint density at radius 1 is 0.947 bits per heavy atom. The van der Waals surface area contributed by atoms with Crippen molar-refractivity contribution in [1.29, 1.82) is 0 Å². The van der Waals surface area contributed by atoms with Gasteiger partial charge in [0.2, 0.25) is 0 Å². The first-order chi connectivity index (χ1) is 18.1. The topological polar surface area (TPSA) is 115 Å². The van der Waals surface area contributed by atoms with Crippen LogP contribution in [0.1, 0.15) is 21.5 Å². The lowest BCUT2D eigenvalue weighted by Crippen LogP contribution is -2.20. The molecule has 0 aliphatic carbocycles. The van der Waals surface area contributed by atoms with Gasteiger partial charge in [-0.05, 0) is 48.5 Å². The maximum Gasteiger partial charge on any atom is 0.416 e. The number of anilines is 2. The van der Waals surface area contributed by atoms with E-state index in [1.165, 1.54) is 22.9 Å². The molecule has 0 unspecified atom stereocenters. The fourth-order valence-corrected chi connectivity index (χ4v) is 3.70. The molecule has 2 amide bonds. The second-order valence-electron chi connectivity index (χ2n) is 8.06. The number of hydrogen-bond acceptors (Lipinski definition) is 5. The molecule has 0 bridgehead atoms. The summed E-state index contributed by atoms with van der Waals surface area (Å²) < 4.78 is 58.6. The first-order valence-corrected chi connectivity index (χ1v) is 11.1. The van der Waals surface area contributed by atoms with E-state index in [1.54, 1.807) is 18.2 Å². The van der Waals surface area contributed by atoms with Gasteiger partial charge in [0.25, 0.3) is 5.91 Å². The monoisotopic (exact) mass is 528 g/mol. The van der Waals surface area contributed by atoms with Crippen molar-refractivity contribution in [3.8, 4) is 0 Å². The summed E-state index contributed by atoms with van der Waals surface area (Å²) in [5.74, 6) is -1.82. The molecule has 0 aliphatic heterocycles. The molecule has 4 aromatic rings. The first kappa shape index (κ1) is 26.4. The second-order valence-corrected chi connectivity index (χ2v) is 8.06. The van der Waals surface area contributed by atoms with Gasteiger partial charge >= 0.3 is 18.2 Å². The molecular weight excluding hydrogens is 508 g/mol. The van der Waals surface area contributed by atoms with Gasteiger partial charge in [0.05, 0.1) is 23.3 Å². The van der Waals surface area contributed by atoms with Crippen molar-refractivity contribution in [3.63, 3.8) is 0 Å². The molecule has 0 atom stereocenters. The fraction of sp³-hybridized carbons (Fsp3) is 0.115. The van der Waals surface area contributed by atoms with E-state index < -0.39 is 35.5 Å². The van der Waals surface area contributed by atoms with Gasteiger partial charge in [-0.1, -0.05) is 18.2 Å². The van der Waals surface area contributed by atoms with Gasteiger partial charge in [-0.2, -0.15) is 13.2 Å². The van der Waals surface area contributed by atoms with E-state index in [0.717, 1.165) is 36.4 Å². The third-order valence-corrected chi connectivity index (χ3v) is 5.51. The predicted octanol–water partition coefficient (Wildman–Crippen LogP) is 5.13. The van der Waals surface area contributed by atoms with Gasteiger partial charge in [0.15, 0.2) is 0 Å². The maximum absolute atomic E-state index is 14.1. The van der Waals surface area contributed by atoms with Crippen LogP contribution < -0.4 is 16.4 Å². The smallest absolute Gasteiger partial charge is 0.416 e. The molecular formula is C26H20F4N4O4. The highest BCUT2D eigenvalue weighted by atomic mass is 19.4. The molecule has 4 N–H and O–H groups in total. The summed E-state index contributed by atoms with van der Waals surface area (Å²) in [5, 5.41) is 5.10. The molecule has 1 heterocycles. The molecule has 1 aromatic heterocycles. The van der Waals surface area contributed by atoms with Crippen LogP contribution in [0, 0.1) is 5.82 Å².